The van der Waals surface area contributed by atoms with Crippen LogP contribution >= 0.6 is 0 Å². The van der Waals surface area contributed by atoms with Crippen LogP contribution in [-0.4, -0.2) is 186 Å². The fraction of sp³-hybridized carbons (Fsp3) is 0.575. The Morgan fingerprint density at radius 1 is 0.741 bits per heavy atom. The van der Waals surface area contributed by atoms with Gasteiger partial charge in [0, 0.05) is 60.4 Å². The Morgan fingerprint density at radius 3 is 2.15 bits per heavy atom. The molecule has 588 valence electrons. The van der Waals surface area contributed by atoms with Gasteiger partial charge in [-0.25, -0.2) is 9.59 Å². The molecule has 28 heteroatoms. The monoisotopic (exact) mass is 1500 g/mol. The van der Waals surface area contributed by atoms with Gasteiger partial charge >= 0.3 is 12.1 Å². The molecule has 3 aromatic rings. The number of benzene rings is 3. The summed E-state index contributed by atoms with van der Waals surface area (Å²) >= 11 is 0. The number of ether oxygens (including phenoxy) is 8. The van der Waals surface area contributed by atoms with Gasteiger partial charge in [0.25, 0.3) is 0 Å². The zero-order valence-electron chi connectivity index (χ0n) is 63.4. The van der Waals surface area contributed by atoms with E-state index in [9.17, 15) is 53.1 Å². The highest BCUT2D eigenvalue weighted by Gasteiger charge is 2.78. The number of urea groups is 1. The molecule has 4 fully saturated rings. The number of rotatable bonds is 39. The molecule has 3 saturated carbocycles. The Balaban J connectivity index is 0.622. The Labute approximate surface area is 631 Å². The number of Topliss-reactive ketones (excluding diaryl/α,β-unsaturated/α-hetero) is 1. The molecule has 0 bridgehead atoms. The molecule has 1 saturated heterocycles. The van der Waals surface area contributed by atoms with Gasteiger partial charge in [-0.1, -0.05) is 120 Å². The topological polar surface area (TPSA) is 378 Å². The summed E-state index contributed by atoms with van der Waals surface area (Å²) in [6.07, 6.45) is 8.41. The SMILES string of the molecule is CCCC1OC2C[C@H]3C4(C)CCC5=CC(=O)C=CC5(C)[C@H]4[C@@H](O)CC3(C)[C@]2(C(=O)COCNC(=O)[C@H](C)NC(=O)OCc2ccc(NC(=O)[C@H](CCCNC(N)=O)NC(=O)[C@@H](NC(=O)CCOCCOCCOCCOCCNC(=O)CCC(=O)N3Cc4ccccc4C=C(C)c4ccccc43)C(C)C)cc2)O1. The van der Waals surface area contributed by atoms with Crippen molar-refractivity contribution >= 4 is 82.2 Å². The number of hydrogen-bond donors (Lipinski definition) is 9. The van der Waals surface area contributed by atoms with Crippen LogP contribution in [0.5, 0.6) is 0 Å². The van der Waals surface area contributed by atoms with E-state index in [1.807, 2.05) is 75.4 Å². The largest absolute Gasteiger partial charge is 0.445 e. The first-order valence-electron chi connectivity index (χ1n) is 37.7. The third kappa shape index (κ3) is 20.6. The molecule has 10 N–H and O–H groups in total. The summed E-state index contributed by atoms with van der Waals surface area (Å²) < 4.78 is 46.9. The Hall–Kier alpha value is -8.74. The van der Waals surface area contributed by atoms with Crippen LogP contribution in [0.25, 0.3) is 11.6 Å². The number of anilines is 2. The molecular formula is C80H109N9O19. The molecule has 0 aromatic heterocycles. The lowest BCUT2D eigenvalue weighted by Gasteiger charge is -2.64. The van der Waals surface area contributed by atoms with E-state index in [0.717, 1.165) is 46.4 Å². The first kappa shape index (κ1) is 83.3. The molecule has 9 rings (SSSR count). The molecular weight excluding hydrogens is 1390 g/mol. The molecule has 4 aliphatic carbocycles. The van der Waals surface area contributed by atoms with Gasteiger partial charge in [-0.3, -0.25) is 38.4 Å². The number of hydrogen-bond acceptors (Lipinski definition) is 19. The molecule has 2 heterocycles. The molecule has 108 heavy (non-hydrogen) atoms. The van der Waals surface area contributed by atoms with Crippen LogP contribution in [-0.2, 0) is 89.4 Å². The number of allylic oxidation sites excluding steroid dienone is 5. The van der Waals surface area contributed by atoms with Gasteiger partial charge < -0.3 is 90.9 Å². The molecule has 0 radical (unpaired) electrons. The van der Waals surface area contributed by atoms with Crippen molar-refractivity contribution < 1.29 is 90.9 Å². The van der Waals surface area contributed by atoms with Gasteiger partial charge in [-0.15, -0.1) is 0 Å². The summed E-state index contributed by atoms with van der Waals surface area (Å²) in [5.41, 5.74) is 8.85. The van der Waals surface area contributed by atoms with Crippen molar-refractivity contribution in [1.82, 2.24) is 31.9 Å². The Morgan fingerprint density at radius 2 is 1.44 bits per heavy atom. The van der Waals surface area contributed by atoms with Gasteiger partial charge in [0.05, 0.1) is 77.3 Å². The number of primary amides is 1. The maximum absolute atomic E-state index is 14.7. The lowest BCUT2D eigenvalue weighted by atomic mass is 9.40. The van der Waals surface area contributed by atoms with Crippen molar-refractivity contribution in [2.45, 2.75) is 181 Å². The fourth-order valence-corrected chi connectivity index (χ4v) is 16.7. The van der Waals surface area contributed by atoms with Crippen molar-refractivity contribution in [1.29, 1.82) is 0 Å². The van der Waals surface area contributed by atoms with E-state index in [2.05, 4.69) is 57.1 Å². The number of fused-ring (bicyclic) bond motifs is 9. The average molecular weight is 1500 g/mol. The van der Waals surface area contributed by atoms with E-state index < -0.39 is 101 Å². The number of nitrogens with one attached hydrogen (secondary N) is 7. The van der Waals surface area contributed by atoms with Crippen LogP contribution in [0.1, 0.15) is 148 Å². The lowest BCUT2D eigenvalue weighted by Crippen LogP contribution is -2.66. The van der Waals surface area contributed by atoms with Crippen molar-refractivity contribution in [3.8, 4) is 0 Å². The zero-order valence-corrected chi connectivity index (χ0v) is 63.4. The predicted molar refractivity (Wildman–Crippen MR) is 400 cm³/mol. The number of amides is 9. The van der Waals surface area contributed by atoms with Gasteiger partial charge in [0.1, 0.15) is 38.1 Å². The maximum atomic E-state index is 14.7. The summed E-state index contributed by atoms with van der Waals surface area (Å²) in [6.45, 7) is 17.1. The van der Waals surface area contributed by atoms with Crippen LogP contribution in [0.2, 0.25) is 0 Å². The summed E-state index contributed by atoms with van der Waals surface area (Å²) in [4.78, 5) is 133. The quantitative estimate of drug-likeness (QED) is 0.0205. The number of nitrogens with zero attached hydrogens (tertiary/aromatic N) is 1. The van der Waals surface area contributed by atoms with Crippen LogP contribution in [0, 0.1) is 34.0 Å². The highest BCUT2D eigenvalue weighted by molar-refractivity contribution is 6.02. The molecule has 2 aliphatic heterocycles. The van der Waals surface area contributed by atoms with E-state index in [4.69, 9.17) is 43.6 Å². The first-order valence-corrected chi connectivity index (χ1v) is 37.7. The van der Waals surface area contributed by atoms with Gasteiger partial charge in [0.2, 0.25) is 35.4 Å². The number of carbonyl (C=O) groups excluding carboxylic acids is 10. The van der Waals surface area contributed by atoms with Crippen molar-refractivity contribution in [3.63, 3.8) is 0 Å². The minimum absolute atomic E-state index is 0.0431. The number of nitrogens with two attached hydrogens (primary N) is 1. The predicted octanol–water partition coefficient (Wildman–Crippen LogP) is 6.99. The van der Waals surface area contributed by atoms with E-state index in [1.165, 1.54) is 6.92 Å². The van der Waals surface area contributed by atoms with Gasteiger partial charge in [0.15, 0.2) is 23.5 Å². The highest BCUT2D eigenvalue weighted by Crippen LogP contribution is 2.74. The minimum atomic E-state index is -1.43. The number of aliphatic hydroxyl groups is 1. The van der Waals surface area contributed by atoms with Crippen molar-refractivity contribution in [2.75, 3.05) is 89.5 Å². The standard InChI is InChI=1S/C80H109N9O19/c1-9-15-69-107-65-44-63-78(7)30-27-56-43-58(90)28-31-77(56,6)71(78)62(91)45-79(63,8)80(65,108-69)64(92)48-105-49-84-72(96)52(5)85-76(100)106-47-53-21-23-57(24-22-53)86-73(97)60(19-14-32-83-75(81)99)87-74(98)70(50(2)3)88-67(94)29-34-101-36-38-103-40-41-104-39-37-102-35-33-82-66(93)25-26-68(95)89-46-55-17-11-10-16-54(55)42-51(4)59-18-12-13-20-61(59)89/h10-13,16-18,20-24,28,31,42-43,50,52,60,62-63,65,69-71,91H,9,14-15,19,25-27,29-30,32-41,44-49H2,1-8H3,(H,82,93)(H,84,96)(H,85,100)(H,86,97)(H,87,98)(H,88,94)(H3,81,83,99)/t52-,60-,62-,63-,65?,69?,70-,71+,77?,78?,79?,80+/m0/s1. The zero-order chi connectivity index (χ0) is 77.8. The summed E-state index contributed by atoms with van der Waals surface area (Å²) in [5, 5.41) is 30.9. The lowest BCUT2D eigenvalue weighted by molar-refractivity contribution is -0.220. The van der Waals surface area contributed by atoms with Gasteiger partial charge in [-0.2, -0.15) is 0 Å². The smallest absolute Gasteiger partial charge is 0.408 e. The second kappa shape index (κ2) is 38.6. The number of alkyl carbamates (subject to hydrolysis) is 1. The number of aliphatic hydroxyl groups excluding tert-OH is 1. The summed E-state index contributed by atoms with van der Waals surface area (Å²) in [5.74, 6) is -3.72. The Kier molecular flexibility index (Phi) is 29.7. The molecule has 3 aromatic carbocycles. The summed E-state index contributed by atoms with van der Waals surface area (Å²) in [7, 11) is 0. The van der Waals surface area contributed by atoms with Crippen LogP contribution in [0.15, 0.2) is 96.6 Å². The minimum Gasteiger partial charge on any atom is -0.445 e. The first-order chi connectivity index (χ1) is 51.7. The molecule has 12 atom stereocenters. The Bertz CT molecular complexity index is 3790. The van der Waals surface area contributed by atoms with E-state index in [1.54, 1.807) is 55.2 Å². The number of ketones is 2. The van der Waals surface area contributed by atoms with E-state index >= 15 is 0 Å². The molecule has 9 amide bonds. The molecule has 0 spiro atoms. The average Bonchev–Trinajstić information content (AvgIpc) is 1.46. The summed E-state index contributed by atoms with van der Waals surface area (Å²) in [6, 6.07) is 18.2. The van der Waals surface area contributed by atoms with Crippen LogP contribution < -0.4 is 47.9 Å². The number of para-hydroxylation sites is 1. The van der Waals surface area contributed by atoms with E-state index in [0.29, 0.717) is 56.9 Å². The second-order valence-electron chi connectivity index (χ2n) is 29.8. The van der Waals surface area contributed by atoms with Crippen LogP contribution in [0.4, 0.5) is 21.0 Å². The van der Waals surface area contributed by atoms with Crippen molar-refractivity contribution in [2.24, 2.45) is 39.7 Å². The highest BCUT2D eigenvalue weighted by atomic mass is 16.7. The molecule has 28 nitrogen and oxygen atoms in total. The number of carbonyl (C=O) groups is 10. The molecule has 6 aliphatic rings. The van der Waals surface area contributed by atoms with Crippen molar-refractivity contribution in [3.05, 3.63) is 119 Å². The van der Waals surface area contributed by atoms with Crippen LogP contribution in [0.3, 0.4) is 0 Å². The normalized spacial score (nSPS) is 24.6. The maximum Gasteiger partial charge on any atom is 0.408 e. The fourth-order valence-electron chi connectivity index (χ4n) is 16.7. The second-order valence-corrected chi connectivity index (χ2v) is 29.8. The third-order valence-corrected chi connectivity index (χ3v) is 22.0. The molecule has 5 unspecified atom stereocenters. The van der Waals surface area contributed by atoms with Gasteiger partial charge in [-0.05, 0) is 129 Å². The third-order valence-electron chi connectivity index (χ3n) is 22.0. The van der Waals surface area contributed by atoms with E-state index in [-0.39, 0.29) is 139 Å².